The van der Waals surface area contributed by atoms with Crippen LogP contribution in [0.25, 0.3) is 0 Å². The first-order chi connectivity index (χ1) is 16.0. The monoisotopic (exact) mass is 445 g/mol. The van der Waals surface area contributed by atoms with Crippen LogP contribution >= 0.6 is 0 Å². The molecule has 33 heavy (non-hydrogen) atoms. The number of non-ortho nitro benzene ring substituents is 1. The van der Waals surface area contributed by atoms with Crippen molar-refractivity contribution in [2.45, 2.75) is 12.1 Å². The summed E-state index contributed by atoms with van der Waals surface area (Å²) >= 11 is 0. The van der Waals surface area contributed by atoms with Gasteiger partial charge in [-0.25, -0.2) is 9.96 Å². The van der Waals surface area contributed by atoms with Gasteiger partial charge < -0.3 is 4.74 Å². The van der Waals surface area contributed by atoms with Gasteiger partial charge in [0.2, 0.25) is 5.91 Å². The summed E-state index contributed by atoms with van der Waals surface area (Å²) in [6, 6.07) is 21.0. The molecule has 3 unspecified atom stereocenters. The number of amides is 2. The Morgan fingerprint density at radius 2 is 1.64 bits per heavy atom. The molecule has 0 saturated carbocycles. The third-order valence-corrected chi connectivity index (χ3v) is 5.88. The molecule has 2 amide bonds. The predicted molar refractivity (Wildman–Crippen MR) is 119 cm³/mol. The van der Waals surface area contributed by atoms with Gasteiger partial charge in [0.25, 0.3) is 11.6 Å². The number of methoxy groups -OCH3 is 1. The van der Waals surface area contributed by atoms with Gasteiger partial charge >= 0.3 is 0 Å². The molecule has 0 spiro atoms. The van der Waals surface area contributed by atoms with E-state index in [0.29, 0.717) is 22.7 Å². The molecule has 2 saturated heterocycles. The van der Waals surface area contributed by atoms with E-state index in [0.717, 1.165) is 4.90 Å². The third kappa shape index (κ3) is 3.39. The van der Waals surface area contributed by atoms with Crippen molar-refractivity contribution in [3.8, 4) is 5.75 Å². The van der Waals surface area contributed by atoms with Crippen LogP contribution in [0.15, 0.2) is 78.9 Å². The number of nitro groups is 1. The van der Waals surface area contributed by atoms with Gasteiger partial charge in [-0.15, -0.1) is 0 Å². The number of nitro benzene ring substituents is 1. The third-order valence-electron chi connectivity index (χ3n) is 5.88. The topological polar surface area (TPSA) is 102 Å². The molecule has 166 valence electrons. The number of rotatable bonds is 5. The van der Waals surface area contributed by atoms with Crippen molar-refractivity contribution < 1.29 is 24.1 Å². The number of benzene rings is 3. The second-order valence-corrected chi connectivity index (χ2v) is 7.72. The Bertz CT molecular complexity index is 1230. The molecule has 2 aliphatic heterocycles. The number of fused-ring (bicyclic) bond motifs is 1. The van der Waals surface area contributed by atoms with Gasteiger partial charge in [0, 0.05) is 12.1 Å². The molecule has 5 rings (SSSR count). The molecular formula is C24H19N3O6. The first kappa shape index (κ1) is 20.7. The first-order valence-electron chi connectivity index (χ1n) is 10.3. The lowest BCUT2D eigenvalue weighted by Gasteiger charge is -2.28. The van der Waals surface area contributed by atoms with E-state index in [1.54, 1.807) is 48.5 Å². The number of hydroxylamine groups is 1. The summed E-state index contributed by atoms with van der Waals surface area (Å²) in [7, 11) is 1.53. The smallest absolute Gasteiger partial charge is 0.269 e. The van der Waals surface area contributed by atoms with Crippen molar-refractivity contribution in [2.24, 2.45) is 5.92 Å². The number of anilines is 2. The van der Waals surface area contributed by atoms with Crippen molar-refractivity contribution in [1.82, 2.24) is 0 Å². The zero-order valence-electron chi connectivity index (χ0n) is 17.5. The van der Waals surface area contributed by atoms with E-state index in [-0.39, 0.29) is 5.69 Å². The quantitative estimate of drug-likeness (QED) is 0.336. The number of nitrogens with zero attached hydrogens (tertiary/aromatic N) is 3. The average molecular weight is 445 g/mol. The van der Waals surface area contributed by atoms with Crippen LogP contribution in [-0.4, -0.2) is 30.0 Å². The number of imide groups is 1. The van der Waals surface area contributed by atoms with Crippen LogP contribution in [-0.2, 0) is 14.4 Å². The molecule has 3 aromatic rings. The number of ether oxygens (including phenoxy) is 1. The van der Waals surface area contributed by atoms with Gasteiger partial charge in [-0.05, 0) is 42.0 Å². The normalized spacial score (nSPS) is 21.9. The Labute approximate surface area is 188 Å². The molecule has 0 aromatic heterocycles. The second kappa shape index (κ2) is 8.03. The maximum atomic E-state index is 13.6. The summed E-state index contributed by atoms with van der Waals surface area (Å²) in [6.45, 7) is 0. The first-order valence-corrected chi connectivity index (χ1v) is 10.3. The highest BCUT2D eigenvalue weighted by molar-refractivity contribution is 6.23. The molecule has 0 bridgehead atoms. The van der Waals surface area contributed by atoms with E-state index < -0.39 is 34.8 Å². The molecule has 0 N–H and O–H groups in total. The molecule has 9 heteroatoms. The average Bonchev–Trinajstić information content (AvgIpc) is 3.36. The Balaban J connectivity index is 1.58. The molecule has 0 radical (unpaired) electrons. The van der Waals surface area contributed by atoms with E-state index in [2.05, 4.69) is 0 Å². The Kier molecular flexibility index (Phi) is 5.02. The van der Waals surface area contributed by atoms with Crippen LogP contribution in [0.5, 0.6) is 5.75 Å². The molecule has 3 atom stereocenters. The fraction of sp³-hybridized carbons (Fsp3) is 0.167. The van der Waals surface area contributed by atoms with Crippen LogP contribution in [0.3, 0.4) is 0 Å². The zero-order chi connectivity index (χ0) is 23.1. The molecule has 9 nitrogen and oxygen atoms in total. The number of hydrogen-bond donors (Lipinski definition) is 0. The summed E-state index contributed by atoms with van der Waals surface area (Å²) in [5.74, 6) is -1.19. The van der Waals surface area contributed by atoms with Crippen molar-refractivity contribution in [1.29, 1.82) is 0 Å². The summed E-state index contributed by atoms with van der Waals surface area (Å²) in [5.41, 5.74) is 1.46. The SMILES string of the molecule is COc1ccc(N2C(=O)C3ON(c4ccccc4)C(c4cccc([N+](=O)[O-])c4)C3C2=O)cc1. The highest BCUT2D eigenvalue weighted by Gasteiger charge is 2.60. The fourth-order valence-electron chi connectivity index (χ4n) is 4.36. The van der Waals surface area contributed by atoms with Gasteiger partial charge in [-0.3, -0.25) is 24.5 Å². The van der Waals surface area contributed by atoms with Crippen LogP contribution in [0.1, 0.15) is 11.6 Å². The second-order valence-electron chi connectivity index (χ2n) is 7.72. The van der Waals surface area contributed by atoms with Crippen molar-refractivity contribution >= 4 is 28.9 Å². The lowest BCUT2D eigenvalue weighted by molar-refractivity contribution is -0.384. The van der Waals surface area contributed by atoms with Crippen LogP contribution in [0, 0.1) is 16.0 Å². The lowest BCUT2D eigenvalue weighted by atomic mass is 9.90. The van der Waals surface area contributed by atoms with E-state index in [4.69, 9.17) is 9.57 Å². The Hall–Kier alpha value is -4.24. The van der Waals surface area contributed by atoms with E-state index in [1.165, 1.54) is 24.3 Å². The van der Waals surface area contributed by atoms with Gasteiger partial charge in [-0.2, -0.15) is 0 Å². The minimum absolute atomic E-state index is 0.104. The number of para-hydroxylation sites is 1. The standard InChI is InChI=1S/C24H19N3O6/c1-32-19-12-10-16(11-13-19)25-23(28)20-21(15-6-5-9-18(14-15)27(30)31)26(33-22(20)24(25)29)17-7-3-2-4-8-17/h2-14,20-22H,1H3. The lowest BCUT2D eigenvalue weighted by Crippen LogP contribution is -2.37. The van der Waals surface area contributed by atoms with E-state index in [1.807, 2.05) is 18.2 Å². The molecule has 2 fully saturated rings. The minimum atomic E-state index is -1.05. The predicted octanol–water partition coefficient (Wildman–Crippen LogP) is 3.65. The van der Waals surface area contributed by atoms with Crippen LogP contribution in [0.4, 0.5) is 17.1 Å². The minimum Gasteiger partial charge on any atom is -0.497 e. The molecule has 3 aromatic carbocycles. The molecule has 0 aliphatic carbocycles. The summed E-state index contributed by atoms with van der Waals surface area (Å²) < 4.78 is 5.15. The Morgan fingerprint density at radius 1 is 0.909 bits per heavy atom. The highest BCUT2D eigenvalue weighted by Crippen LogP contribution is 2.48. The molecule has 2 heterocycles. The summed E-state index contributed by atoms with van der Waals surface area (Å²) in [6.07, 6.45) is -1.05. The molecule has 2 aliphatic rings. The fourth-order valence-corrected chi connectivity index (χ4v) is 4.36. The maximum absolute atomic E-state index is 13.6. The highest BCUT2D eigenvalue weighted by atomic mass is 16.7. The van der Waals surface area contributed by atoms with Crippen molar-refractivity contribution in [3.63, 3.8) is 0 Å². The largest absolute Gasteiger partial charge is 0.497 e. The van der Waals surface area contributed by atoms with Gasteiger partial charge in [0.1, 0.15) is 11.7 Å². The number of carbonyl (C=O) groups excluding carboxylic acids is 2. The van der Waals surface area contributed by atoms with Crippen LogP contribution < -0.4 is 14.7 Å². The van der Waals surface area contributed by atoms with E-state index >= 15 is 0 Å². The van der Waals surface area contributed by atoms with E-state index in [9.17, 15) is 19.7 Å². The van der Waals surface area contributed by atoms with Gasteiger partial charge in [0.05, 0.1) is 29.4 Å². The van der Waals surface area contributed by atoms with Crippen LogP contribution in [0.2, 0.25) is 0 Å². The van der Waals surface area contributed by atoms with Crippen molar-refractivity contribution in [3.05, 3.63) is 94.5 Å². The number of hydrogen-bond acceptors (Lipinski definition) is 7. The van der Waals surface area contributed by atoms with Gasteiger partial charge in [-0.1, -0.05) is 30.3 Å². The Morgan fingerprint density at radius 3 is 2.30 bits per heavy atom. The maximum Gasteiger partial charge on any atom is 0.269 e. The summed E-state index contributed by atoms with van der Waals surface area (Å²) in [5, 5.41) is 12.9. The van der Waals surface area contributed by atoms with Gasteiger partial charge in [0.15, 0.2) is 6.10 Å². The molecular weight excluding hydrogens is 426 g/mol. The van der Waals surface area contributed by atoms with Crippen molar-refractivity contribution in [2.75, 3.05) is 17.1 Å². The zero-order valence-corrected chi connectivity index (χ0v) is 17.5. The number of carbonyl (C=O) groups is 2. The summed E-state index contributed by atoms with van der Waals surface area (Å²) in [4.78, 5) is 44.9.